The summed E-state index contributed by atoms with van der Waals surface area (Å²) in [5, 5.41) is 0. The smallest absolute Gasteiger partial charge is 0.160 e. The number of rotatable bonds is 10. The van der Waals surface area contributed by atoms with Crippen molar-refractivity contribution in [3.63, 3.8) is 0 Å². The summed E-state index contributed by atoms with van der Waals surface area (Å²) in [4.78, 5) is 26.2. The molecule has 0 radical (unpaired) electrons. The second-order valence-electron chi connectivity index (χ2n) is 17.6. The molecule has 70 heavy (non-hydrogen) atoms. The third kappa shape index (κ3) is 8.64. The zero-order chi connectivity index (χ0) is 46.6. The van der Waals surface area contributed by atoms with Gasteiger partial charge in [0, 0.05) is 57.0 Å². The zero-order valence-electron chi connectivity index (χ0n) is 38.3. The Kier molecular flexibility index (Phi) is 11.3. The predicted molar refractivity (Wildman–Crippen MR) is 287 cm³/mol. The molecule has 0 bridgehead atoms. The van der Waals surface area contributed by atoms with Gasteiger partial charge in [-0.1, -0.05) is 231 Å². The average Bonchev–Trinajstić information content (AvgIpc) is 3.46. The van der Waals surface area contributed by atoms with Crippen molar-refractivity contribution in [1.82, 2.24) is 19.9 Å². The van der Waals surface area contributed by atoms with E-state index in [2.05, 4.69) is 206 Å². The fraction of sp³-hybridized carbons (Fsp3) is 0.0308. The lowest BCUT2D eigenvalue weighted by Crippen LogP contribution is -2.15. The van der Waals surface area contributed by atoms with Crippen molar-refractivity contribution in [3.05, 3.63) is 271 Å². The van der Waals surface area contributed by atoms with Gasteiger partial charge in [-0.15, -0.1) is 0 Å². The predicted octanol–water partition coefficient (Wildman–Crippen LogP) is 16.3. The van der Waals surface area contributed by atoms with E-state index >= 15 is 0 Å². The lowest BCUT2D eigenvalue weighted by atomic mass is 9.79. The third-order valence-corrected chi connectivity index (χ3v) is 13.1. The number of aliphatic imine (C=N–C) groups is 1. The molecule has 330 valence electrons. The first-order valence-electron chi connectivity index (χ1n) is 23.7. The molecule has 1 aliphatic heterocycles. The number of fused-ring (bicyclic) bond motifs is 1. The number of benzene rings is 9. The van der Waals surface area contributed by atoms with Crippen LogP contribution in [0.1, 0.15) is 29.0 Å². The molecule has 0 amide bonds. The molecule has 1 atom stereocenters. The Balaban J connectivity index is 0.967. The van der Waals surface area contributed by atoms with Gasteiger partial charge in [-0.3, -0.25) is 4.99 Å². The minimum Gasteiger partial charge on any atom is -0.252 e. The van der Waals surface area contributed by atoms with Crippen LogP contribution in [0.2, 0.25) is 0 Å². The van der Waals surface area contributed by atoms with Crippen LogP contribution in [0.5, 0.6) is 0 Å². The average molecular weight is 896 g/mol. The zero-order valence-corrected chi connectivity index (χ0v) is 38.3. The summed E-state index contributed by atoms with van der Waals surface area (Å²) in [6.45, 7) is 0. The van der Waals surface area contributed by atoms with Gasteiger partial charge in [-0.25, -0.2) is 19.9 Å². The summed E-state index contributed by atoms with van der Waals surface area (Å²) in [6, 6.07) is 89.0. The van der Waals surface area contributed by atoms with Crippen molar-refractivity contribution in [2.24, 2.45) is 4.99 Å². The summed E-state index contributed by atoms with van der Waals surface area (Å²) >= 11 is 0. The molecule has 5 heteroatoms. The van der Waals surface area contributed by atoms with Gasteiger partial charge in [0.15, 0.2) is 11.6 Å². The Morgan fingerprint density at radius 2 is 0.643 bits per heavy atom. The van der Waals surface area contributed by atoms with Gasteiger partial charge in [0.25, 0.3) is 0 Å². The monoisotopic (exact) mass is 895 g/mol. The first-order chi connectivity index (χ1) is 34.7. The van der Waals surface area contributed by atoms with E-state index in [-0.39, 0.29) is 5.92 Å². The lowest BCUT2D eigenvalue weighted by Gasteiger charge is -2.28. The molecule has 3 heterocycles. The molecule has 9 aromatic carbocycles. The molecule has 1 aliphatic rings. The van der Waals surface area contributed by atoms with Crippen LogP contribution < -0.4 is 0 Å². The van der Waals surface area contributed by atoms with Crippen LogP contribution in [0.3, 0.4) is 0 Å². The van der Waals surface area contributed by atoms with Crippen LogP contribution in [-0.4, -0.2) is 25.6 Å². The van der Waals surface area contributed by atoms with E-state index in [0.29, 0.717) is 18.1 Å². The fourth-order valence-electron chi connectivity index (χ4n) is 9.50. The van der Waals surface area contributed by atoms with Crippen molar-refractivity contribution in [3.8, 4) is 90.1 Å². The summed E-state index contributed by atoms with van der Waals surface area (Å²) in [7, 11) is 0. The highest BCUT2D eigenvalue weighted by molar-refractivity contribution is 6.06. The second-order valence-corrected chi connectivity index (χ2v) is 17.6. The summed E-state index contributed by atoms with van der Waals surface area (Å²) in [5.41, 5.74) is 19.6. The highest BCUT2D eigenvalue weighted by Gasteiger charge is 2.29. The van der Waals surface area contributed by atoms with E-state index in [9.17, 15) is 0 Å². The van der Waals surface area contributed by atoms with Crippen molar-refractivity contribution in [2.45, 2.75) is 12.3 Å². The van der Waals surface area contributed by atoms with Gasteiger partial charge in [0.1, 0.15) is 0 Å². The van der Waals surface area contributed by atoms with Gasteiger partial charge < -0.3 is 0 Å². The van der Waals surface area contributed by atoms with Crippen LogP contribution in [0.15, 0.2) is 260 Å². The minimum atomic E-state index is -0.00174. The largest absolute Gasteiger partial charge is 0.252 e. The van der Waals surface area contributed by atoms with E-state index < -0.39 is 0 Å². The van der Waals surface area contributed by atoms with Gasteiger partial charge in [0.2, 0.25) is 0 Å². The molecule has 2 aromatic heterocycles. The van der Waals surface area contributed by atoms with Crippen molar-refractivity contribution < 1.29 is 0 Å². The van der Waals surface area contributed by atoms with Crippen LogP contribution in [0, 0.1) is 0 Å². The fourth-order valence-corrected chi connectivity index (χ4v) is 9.50. The quantitative estimate of drug-likeness (QED) is 0.137. The normalized spacial score (nSPS) is 13.0. The Morgan fingerprint density at radius 1 is 0.286 bits per heavy atom. The Bertz CT molecular complexity index is 3500. The SMILES string of the molecule is c1ccc(-c2cc(-c3ccccc3)c3c(c2)C(c2ccc(-c4nc(-c5ccccc5)cc(-c5ccccc5)n4)cc2)CC(c2ccc(-c4nc(-c5ccccc5)cc(-c5ccccc5)n4)cc2)=N3)cc1. The molecule has 0 fully saturated rings. The topological polar surface area (TPSA) is 63.9 Å². The minimum absolute atomic E-state index is 0.00174. The maximum Gasteiger partial charge on any atom is 0.160 e. The van der Waals surface area contributed by atoms with Gasteiger partial charge in [-0.2, -0.15) is 0 Å². The molecule has 12 rings (SSSR count). The number of nitrogens with zero attached hydrogens (tertiary/aromatic N) is 5. The van der Waals surface area contributed by atoms with Crippen LogP contribution in [0.4, 0.5) is 5.69 Å². The molecule has 0 spiro atoms. The summed E-state index contributed by atoms with van der Waals surface area (Å²) in [6.07, 6.45) is 0.703. The molecule has 1 unspecified atom stereocenters. The Morgan fingerprint density at radius 3 is 1.06 bits per heavy atom. The van der Waals surface area contributed by atoms with E-state index in [1.165, 1.54) is 16.7 Å². The van der Waals surface area contributed by atoms with Gasteiger partial charge in [-0.05, 0) is 57.6 Å². The number of hydrogen-bond acceptors (Lipinski definition) is 5. The first-order valence-corrected chi connectivity index (χ1v) is 23.7. The van der Waals surface area contributed by atoms with E-state index in [1.807, 2.05) is 48.5 Å². The van der Waals surface area contributed by atoms with Gasteiger partial charge >= 0.3 is 0 Å². The Hall–Kier alpha value is -9.19. The van der Waals surface area contributed by atoms with Crippen LogP contribution in [-0.2, 0) is 0 Å². The molecule has 0 saturated heterocycles. The van der Waals surface area contributed by atoms with E-state index in [0.717, 1.165) is 89.8 Å². The van der Waals surface area contributed by atoms with Crippen molar-refractivity contribution >= 4 is 11.4 Å². The van der Waals surface area contributed by atoms with E-state index in [1.54, 1.807) is 0 Å². The number of aromatic nitrogens is 4. The molecule has 0 aliphatic carbocycles. The second kappa shape index (κ2) is 18.8. The molecule has 11 aromatic rings. The molecule has 5 nitrogen and oxygen atoms in total. The highest BCUT2D eigenvalue weighted by atomic mass is 14.9. The third-order valence-electron chi connectivity index (χ3n) is 13.1. The standard InChI is InChI=1S/C65H45N5/c1-7-19-44(20-8-1)54-39-56(45-21-9-2-10-22-45)63-57(40-54)55(46-31-35-52(36-32-46)64-67-59(47-23-11-3-12-24-47)42-60(68-64)48-25-13-4-14-26-48)41-58(66-63)51-33-37-53(38-34-51)65-69-61(49-27-15-5-16-28-49)43-62(70-65)50-29-17-6-18-30-50/h1-40,42-43,55H,41H2. The molecule has 0 N–H and O–H groups in total. The van der Waals surface area contributed by atoms with Gasteiger partial charge in [0.05, 0.1) is 28.5 Å². The molecular formula is C65H45N5. The summed E-state index contributed by atoms with van der Waals surface area (Å²) < 4.78 is 0. The first kappa shape index (κ1) is 42.2. The van der Waals surface area contributed by atoms with Crippen molar-refractivity contribution in [2.75, 3.05) is 0 Å². The Labute approximate surface area is 408 Å². The number of hydrogen-bond donors (Lipinski definition) is 0. The lowest BCUT2D eigenvalue weighted by molar-refractivity contribution is 0.841. The summed E-state index contributed by atoms with van der Waals surface area (Å²) in [5.74, 6) is 1.36. The maximum atomic E-state index is 5.62. The van der Waals surface area contributed by atoms with Crippen molar-refractivity contribution in [1.29, 1.82) is 0 Å². The molecular weight excluding hydrogens is 851 g/mol. The molecule has 0 saturated carbocycles. The van der Waals surface area contributed by atoms with E-state index in [4.69, 9.17) is 24.9 Å². The van der Waals surface area contributed by atoms with Crippen LogP contribution >= 0.6 is 0 Å². The maximum absolute atomic E-state index is 5.62. The highest BCUT2D eigenvalue weighted by Crippen LogP contribution is 2.48. The van der Waals surface area contributed by atoms with Crippen LogP contribution in [0.25, 0.3) is 90.1 Å².